The van der Waals surface area contributed by atoms with Crippen LogP contribution in [-0.2, 0) is 5.41 Å². The van der Waals surface area contributed by atoms with E-state index in [2.05, 4.69) is 20.8 Å². The van der Waals surface area contributed by atoms with Crippen LogP contribution in [0, 0.1) is 0 Å². The highest BCUT2D eigenvalue weighted by Gasteiger charge is 2.18. The maximum absolute atomic E-state index is 12.4. The van der Waals surface area contributed by atoms with Crippen molar-refractivity contribution in [3.8, 4) is 11.5 Å². The summed E-state index contributed by atoms with van der Waals surface area (Å²) < 4.78 is 0. The fourth-order valence-electron chi connectivity index (χ4n) is 2.01. The number of hydrogen-bond donors (Lipinski definition) is 2. The summed E-state index contributed by atoms with van der Waals surface area (Å²) >= 11 is 5.69. The molecule has 0 spiro atoms. The molecule has 4 heteroatoms. The van der Waals surface area contributed by atoms with Crippen molar-refractivity contribution in [1.29, 1.82) is 0 Å². The first-order valence-electron chi connectivity index (χ1n) is 6.57. The van der Waals surface area contributed by atoms with Crippen LogP contribution in [0.2, 0.25) is 5.02 Å². The van der Waals surface area contributed by atoms with E-state index < -0.39 is 0 Å². The monoisotopic (exact) mass is 304 g/mol. The molecule has 0 atom stereocenters. The van der Waals surface area contributed by atoms with E-state index in [1.54, 1.807) is 12.1 Å². The zero-order valence-corrected chi connectivity index (χ0v) is 12.9. The molecule has 0 aliphatic carbocycles. The summed E-state index contributed by atoms with van der Waals surface area (Å²) in [4.78, 5) is 12.4. The molecule has 0 radical (unpaired) electrons. The average Bonchev–Trinajstić information content (AvgIpc) is 2.41. The molecule has 0 saturated heterocycles. The quantitative estimate of drug-likeness (QED) is 0.643. The number of hydrogen-bond acceptors (Lipinski definition) is 3. The Balaban J connectivity index is 2.39. The second-order valence-corrected chi connectivity index (χ2v) is 6.38. The molecule has 21 heavy (non-hydrogen) atoms. The number of halogens is 1. The number of carbonyl (C=O) groups excluding carboxylic acids is 1. The Morgan fingerprint density at radius 3 is 2.10 bits per heavy atom. The van der Waals surface area contributed by atoms with E-state index >= 15 is 0 Å². The molecule has 0 aliphatic heterocycles. The summed E-state index contributed by atoms with van der Waals surface area (Å²) in [7, 11) is 0. The third-order valence-corrected chi connectivity index (χ3v) is 3.63. The molecule has 2 rings (SSSR count). The Bertz CT molecular complexity index is 682. The fourth-order valence-corrected chi connectivity index (χ4v) is 2.17. The molecular formula is C17H17ClO3. The van der Waals surface area contributed by atoms with Gasteiger partial charge in [0, 0.05) is 11.6 Å². The Morgan fingerprint density at radius 1 is 1.00 bits per heavy atom. The number of carbonyl (C=O) groups is 1. The summed E-state index contributed by atoms with van der Waals surface area (Å²) in [5.41, 5.74) is 1.59. The first-order valence-corrected chi connectivity index (χ1v) is 6.94. The molecule has 3 nitrogen and oxygen atoms in total. The van der Waals surface area contributed by atoms with Crippen LogP contribution in [-0.4, -0.2) is 16.0 Å². The number of ketones is 1. The highest BCUT2D eigenvalue weighted by atomic mass is 35.5. The largest absolute Gasteiger partial charge is 0.507 e. The lowest BCUT2D eigenvalue weighted by Crippen LogP contribution is -2.11. The van der Waals surface area contributed by atoms with Crippen molar-refractivity contribution in [1.82, 2.24) is 0 Å². The summed E-state index contributed by atoms with van der Waals surface area (Å²) in [5.74, 6) is -0.841. The van der Waals surface area contributed by atoms with Crippen LogP contribution in [0.15, 0.2) is 36.4 Å². The van der Waals surface area contributed by atoms with Gasteiger partial charge >= 0.3 is 0 Å². The molecule has 0 amide bonds. The number of rotatable bonds is 2. The second-order valence-electron chi connectivity index (χ2n) is 5.98. The second kappa shape index (κ2) is 5.41. The summed E-state index contributed by atoms with van der Waals surface area (Å²) in [6, 6.07) is 9.55. The van der Waals surface area contributed by atoms with Crippen LogP contribution in [0.1, 0.15) is 42.3 Å². The van der Waals surface area contributed by atoms with Gasteiger partial charge in [-0.25, -0.2) is 0 Å². The van der Waals surface area contributed by atoms with Gasteiger partial charge in [-0.2, -0.15) is 0 Å². The zero-order valence-electron chi connectivity index (χ0n) is 12.1. The average molecular weight is 305 g/mol. The summed E-state index contributed by atoms with van der Waals surface area (Å²) in [6.45, 7) is 6.27. The van der Waals surface area contributed by atoms with Gasteiger partial charge in [-0.15, -0.1) is 0 Å². The van der Waals surface area contributed by atoms with Gasteiger partial charge in [0.05, 0.1) is 10.6 Å². The smallest absolute Gasteiger partial charge is 0.196 e. The van der Waals surface area contributed by atoms with Gasteiger partial charge in [0.25, 0.3) is 0 Å². The standard InChI is InChI=1S/C17H17ClO3/c1-17(2,3)11-6-4-10(5-7-11)16(21)12-8-15(20)13(18)9-14(12)19/h4-9,19-20H,1-3H3. The minimum absolute atomic E-state index is 0.00224. The minimum Gasteiger partial charge on any atom is -0.507 e. The molecule has 0 saturated carbocycles. The van der Waals surface area contributed by atoms with Gasteiger partial charge in [-0.1, -0.05) is 56.6 Å². The summed E-state index contributed by atoms with van der Waals surface area (Å²) in [6.07, 6.45) is 0. The molecule has 0 aliphatic rings. The van der Waals surface area contributed by atoms with Gasteiger partial charge in [-0.3, -0.25) is 4.79 Å². The van der Waals surface area contributed by atoms with Crippen molar-refractivity contribution in [2.45, 2.75) is 26.2 Å². The zero-order chi connectivity index (χ0) is 15.8. The van der Waals surface area contributed by atoms with Crippen molar-refractivity contribution in [3.05, 3.63) is 58.1 Å². The molecule has 0 unspecified atom stereocenters. The number of benzene rings is 2. The van der Waals surface area contributed by atoms with Crippen molar-refractivity contribution in [3.63, 3.8) is 0 Å². The van der Waals surface area contributed by atoms with Crippen LogP contribution in [0.4, 0.5) is 0 Å². The molecule has 2 aromatic carbocycles. The normalized spacial score (nSPS) is 11.4. The highest BCUT2D eigenvalue weighted by Crippen LogP contribution is 2.32. The first kappa shape index (κ1) is 15.4. The van der Waals surface area contributed by atoms with E-state index in [0.29, 0.717) is 5.56 Å². The Labute approximate surface area is 128 Å². The molecule has 0 heterocycles. The van der Waals surface area contributed by atoms with E-state index in [9.17, 15) is 15.0 Å². The maximum Gasteiger partial charge on any atom is 0.196 e. The molecule has 2 aromatic rings. The Morgan fingerprint density at radius 2 is 1.57 bits per heavy atom. The van der Waals surface area contributed by atoms with Gasteiger partial charge < -0.3 is 10.2 Å². The molecule has 0 fully saturated rings. The molecule has 110 valence electrons. The maximum atomic E-state index is 12.4. The van der Waals surface area contributed by atoms with Crippen LogP contribution < -0.4 is 0 Å². The van der Waals surface area contributed by atoms with Crippen molar-refractivity contribution in [2.75, 3.05) is 0 Å². The van der Waals surface area contributed by atoms with E-state index in [1.807, 2.05) is 12.1 Å². The van der Waals surface area contributed by atoms with E-state index in [-0.39, 0.29) is 33.3 Å². The van der Waals surface area contributed by atoms with Crippen LogP contribution in [0.25, 0.3) is 0 Å². The molecule has 0 bridgehead atoms. The van der Waals surface area contributed by atoms with Crippen molar-refractivity contribution in [2.24, 2.45) is 0 Å². The van der Waals surface area contributed by atoms with E-state index in [4.69, 9.17) is 11.6 Å². The molecular weight excluding hydrogens is 288 g/mol. The van der Waals surface area contributed by atoms with Crippen LogP contribution in [0.5, 0.6) is 11.5 Å². The first-order chi connectivity index (χ1) is 9.70. The lowest BCUT2D eigenvalue weighted by molar-refractivity contribution is 0.103. The van der Waals surface area contributed by atoms with Crippen molar-refractivity contribution >= 4 is 17.4 Å². The third-order valence-electron chi connectivity index (χ3n) is 3.32. The van der Waals surface area contributed by atoms with Gasteiger partial charge in [0.1, 0.15) is 11.5 Å². The topological polar surface area (TPSA) is 57.5 Å². The lowest BCUT2D eigenvalue weighted by atomic mass is 9.86. The number of phenolic OH excluding ortho intramolecular Hbond substituents is 2. The van der Waals surface area contributed by atoms with E-state index in [1.165, 1.54) is 6.07 Å². The predicted octanol–water partition coefficient (Wildman–Crippen LogP) is 4.28. The van der Waals surface area contributed by atoms with Gasteiger partial charge in [-0.05, 0) is 17.0 Å². The molecule has 0 aromatic heterocycles. The lowest BCUT2D eigenvalue weighted by Gasteiger charge is -2.19. The SMILES string of the molecule is CC(C)(C)c1ccc(C(=O)c2cc(O)c(Cl)cc2O)cc1. The van der Waals surface area contributed by atoms with Crippen LogP contribution >= 0.6 is 11.6 Å². The third kappa shape index (κ3) is 3.19. The molecule has 2 N–H and O–H groups in total. The van der Waals surface area contributed by atoms with Crippen molar-refractivity contribution < 1.29 is 15.0 Å². The Hall–Kier alpha value is -2.00. The van der Waals surface area contributed by atoms with Gasteiger partial charge in [0.15, 0.2) is 5.78 Å². The van der Waals surface area contributed by atoms with Crippen LogP contribution in [0.3, 0.4) is 0 Å². The summed E-state index contributed by atoms with van der Waals surface area (Å²) in [5, 5.41) is 19.4. The number of aromatic hydroxyl groups is 2. The van der Waals surface area contributed by atoms with Gasteiger partial charge in [0.2, 0.25) is 0 Å². The Kier molecular flexibility index (Phi) is 3.97. The minimum atomic E-state index is -0.361. The fraction of sp³-hybridized carbons (Fsp3) is 0.235. The predicted molar refractivity (Wildman–Crippen MR) is 83.4 cm³/mol. The number of phenols is 2. The highest BCUT2D eigenvalue weighted by molar-refractivity contribution is 6.32. The van der Waals surface area contributed by atoms with E-state index in [0.717, 1.165) is 11.6 Å².